The number of fused-ring (bicyclic) bond motifs is 1. The third kappa shape index (κ3) is 3.71. The van der Waals surface area contributed by atoms with Crippen LogP contribution >= 0.6 is 22.9 Å². The number of amides is 1. The van der Waals surface area contributed by atoms with E-state index in [1.54, 1.807) is 28.8 Å². The number of hydrogen-bond acceptors (Lipinski definition) is 4. The molecule has 5 nitrogen and oxygen atoms in total. The van der Waals surface area contributed by atoms with Crippen LogP contribution in [0.2, 0.25) is 5.02 Å². The quantitative estimate of drug-likeness (QED) is 0.639. The van der Waals surface area contributed by atoms with Crippen molar-refractivity contribution in [2.24, 2.45) is 4.99 Å². The van der Waals surface area contributed by atoms with Gasteiger partial charge in [0.05, 0.1) is 17.3 Å². The Kier molecular flexibility index (Phi) is 5.25. The van der Waals surface area contributed by atoms with Gasteiger partial charge in [0.25, 0.3) is 5.91 Å². The maximum atomic E-state index is 12.6. The van der Waals surface area contributed by atoms with Crippen molar-refractivity contribution in [1.29, 1.82) is 0 Å². The van der Waals surface area contributed by atoms with Crippen LogP contribution in [-0.4, -0.2) is 23.6 Å². The molecule has 26 heavy (non-hydrogen) atoms. The summed E-state index contributed by atoms with van der Waals surface area (Å²) in [7, 11) is 1.34. The molecule has 0 saturated carbocycles. The van der Waals surface area contributed by atoms with Gasteiger partial charge in [0.15, 0.2) is 4.80 Å². The Morgan fingerprint density at radius 1 is 1.23 bits per heavy atom. The van der Waals surface area contributed by atoms with Gasteiger partial charge in [0.1, 0.15) is 6.54 Å². The lowest BCUT2D eigenvalue weighted by atomic mass is 10.1. The largest absolute Gasteiger partial charge is 0.468 e. The smallest absolute Gasteiger partial charge is 0.325 e. The zero-order valence-electron chi connectivity index (χ0n) is 14.6. The van der Waals surface area contributed by atoms with Crippen LogP contribution in [0, 0.1) is 13.8 Å². The molecule has 3 aromatic rings. The first-order valence-electron chi connectivity index (χ1n) is 7.91. The van der Waals surface area contributed by atoms with Crippen molar-refractivity contribution in [1.82, 2.24) is 4.57 Å². The molecule has 0 unspecified atom stereocenters. The number of methoxy groups -OCH3 is 1. The zero-order chi connectivity index (χ0) is 18.8. The van der Waals surface area contributed by atoms with Gasteiger partial charge in [-0.25, -0.2) is 0 Å². The van der Waals surface area contributed by atoms with Gasteiger partial charge in [0.2, 0.25) is 0 Å². The third-order valence-corrected chi connectivity index (χ3v) is 5.16. The van der Waals surface area contributed by atoms with E-state index in [1.165, 1.54) is 18.4 Å². The van der Waals surface area contributed by atoms with E-state index in [9.17, 15) is 9.59 Å². The molecule has 0 bridgehead atoms. The van der Waals surface area contributed by atoms with Gasteiger partial charge in [-0.1, -0.05) is 35.1 Å². The van der Waals surface area contributed by atoms with Crippen LogP contribution < -0.4 is 4.80 Å². The number of carbonyl (C=O) groups is 2. The number of hydrogen-bond donors (Lipinski definition) is 0. The minimum absolute atomic E-state index is 0.0118. The molecule has 0 atom stereocenters. The fraction of sp³-hybridized carbons (Fsp3) is 0.211. The molecule has 1 amide bonds. The lowest BCUT2D eigenvalue weighted by molar-refractivity contribution is -0.141. The summed E-state index contributed by atoms with van der Waals surface area (Å²) >= 11 is 7.32. The van der Waals surface area contributed by atoms with Gasteiger partial charge in [-0.3, -0.25) is 9.59 Å². The summed E-state index contributed by atoms with van der Waals surface area (Å²) in [6.07, 6.45) is 0. The van der Waals surface area contributed by atoms with Crippen LogP contribution in [0.15, 0.2) is 41.4 Å². The molecule has 0 N–H and O–H groups in total. The van der Waals surface area contributed by atoms with Crippen LogP contribution in [0.25, 0.3) is 10.2 Å². The highest BCUT2D eigenvalue weighted by molar-refractivity contribution is 7.16. The SMILES string of the molecule is COC(=O)Cn1c(=NC(=O)c2cccc(Cl)c2)sc2cc(C)cc(C)c21. The summed E-state index contributed by atoms with van der Waals surface area (Å²) in [6.45, 7) is 3.96. The molecule has 0 fully saturated rings. The van der Waals surface area contributed by atoms with Crippen LogP contribution in [0.1, 0.15) is 21.5 Å². The van der Waals surface area contributed by atoms with Crippen molar-refractivity contribution < 1.29 is 14.3 Å². The van der Waals surface area contributed by atoms with Crippen molar-refractivity contribution in [3.63, 3.8) is 0 Å². The summed E-state index contributed by atoms with van der Waals surface area (Å²) in [6, 6.07) is 10.7. The molecule has 1 aromatic heterocycles. The molecular formula is C19H17ClN2O3S. The maximum absolute atomic E-state index is 12.6. The second-order valence-corrected chi connectivity index (χ2v) is 7.35. The first kappa shape index (κ1) is 18.4. The highest BCUT2D eigenvalue weighted by Crippen LogP contribution is 2.23. The molecular weight excluding hydrogens is 372 g/mol. The van der Waals surface area contributed by atoms with Crippen molar-refractivity contribution >= 4 is 45.0 Å². The summed E-state index contributed by atoms with van der Waals surface area (Å²) < 4.78 is 7.48. The average Bonchev–Trinajstić information content (AvgIpc) is 2.91. The first-order chi connectivity index (χ1) is 12.4. The fourth-order valence-electron chi connectivity index (χ4n) is 2.79. The van der Waals surface area contributed by atoms with E-state index in [-0.39, 0.29) is 6.54 Å². The van der Waals surface area contributed by atoms with E-state index >= 15 is 0 Å². The second-order valence-electron chi connectivity index (χ2n) is 5.90. The topological polar surface area (TPSA) is 60.7 Å². The Hall–Kier alpha value is -2.44. The predicted molar refractivity (Wildman–Crippen MR) is 103 cm³/mol. The number of benzene rings is 2. The standard InChI is InChI=1S/C19H17ClN2O3S/c1-11-7-12(2)17-15(8-11)26-19(22(17)10-16(23)25-3)21-18(24)13-5-4-6-14(20)9-13/h4-9H,10H2,1-3H3. The molecule has 0 aliphatic carbocycles. The molecule has 3 rings (SSSR count). The van der Waals surface area contributed by atoms with E-state index in [4.69, 9.17) is 16.3 Å². The average molecular weight is 389 g/mol. The Morgan fingerprint density at radius 2 is 2.00 bits per heavy atom. The lowest BCUT2D eigenvalue weighted by Gasteiger charge is -2.06. The van der Waals surface area contributed by atoms with Crippen molar-refractivity contribution in [2.45, 2.75) is 20.4 Å². The number of carbonyl (C=O) groups excluding carboxylic acids is 2. The molecule has 134 valence electrons. The van der Waals surface area contributed by atoms with E-state index in [0.29, 0.717) is 15.4 Å². The molecule has 1 heterocycles. The van der Waals surface area contributed by atoms with E-state index < -0.39 is 11.9 Å². The second kappa shape index (κ2) is 7.43. The maximum Gasteiger partial charge on any atom is 0.325 e. The Labute approximate surface area is 159 Å². The normalized spacial score (nSPS) is 11.8. The van der Waals surface area contributed by atoms with Crippen LogP contribution in [0.5, 0.6) is 0 Å². The van der Waals surface area contributed by atoms with Crippen molar-refractivity contribution in [2.75, 3.05) is 7.11 Å². The number of ether oxygens (including phenoxy) is 1. The summed E-state index contributed by atoms with van der Waals surface area (Å²) in [5, 5.41) is 0.469. The number of rotatable bonds is 3. The minimum Gasteiger partial charge on any atom is -0.468 e. The van der Waals surface area contributed by atoms with E-state index in [2.05, 4.69) is 4.99 Å². The Balaban J connectivity index is 2.20. The number of aryl methyl sites for hydroxylation is 2. The molecule has 0 aliphatic heterocycles. The van der Waals surface area contributed by atoms with E-state index in [0.717, 1.165) is 21.3 Å². The van der Waals surface area contributed by atoms with Gasteiger partial charge in [-0.05, 0) is 49.2 Å². The van der Waals surface area contributed by atoms with Gasteiger partial charge < -0.3 is 9.30 Å². The number of esters is 1. The fourth-order valence-corrected chi connectivity index (χ4v) is 4.18. The number of halogens is 1. The van der Waals surface area contributed by atoms with Crippen LogP contribution in [0.3, 0.4) is 0 Å². The molecule has 0 spiro atoms. The molecule has 2 aromatic carbocycles. The minimum atomic E-state index is -0.410. The van der Waals surface area contributed by atoms with Crippen molar-refractivity contribution in [3.8, 4) is 0 Å². The molecule has 0 radical (unpaired) electrons. The lowest BCUT2D eigenvalue weighted by Crippen LogP contribution is -2.22. The highest BCUT2D eigenvalue weighted by atomic mass is 35.5. The zero-order valence-corrected chi connectivity index (χ0v) is 16.1. The highest BCUT2D eigenvalue weighted by Gasteiger charge is 2.14. The number of aromatic nitrogens is 1. The van der Waals surface area contributed by atoms with Gasteiger partial charge in [-0.2, -0.15) is 4.99 Å². The Bertz CT molecular complexity index is 1080. The first-order valence-corrected chi connectivity index (χ1v) is 9.10. The van der Waals surface area contributed by atoms with Gasteiger partial charge in [0, 0.05) is 10.6 Å². The third-order valence-electron chi connectivity index (χ3n) is 3.90. The summed E-state index contributed by atoms with van der Waals surface area (Å²) in [5.41, 5.74) is 3.39. The predicted octanol–water partition coefficient (Wildman–Crippen LogP) is 3.89. The monoisotopic (exact) mass is 388 g/mol. The number of thiazole rings is 1. The van der Waals surface area contributed by atoms with Crippen LogP contribution in [-0.2, 0) is 16.1 Å². The summed E-state index contributed by atoms with van der Waals surface area (Å²) in [4.78, 5) is 29.1. The van der Waals surface area contributed by atoms with E-state index in [1.807, 2.05) is 26.0 Å². The van der Waals surface area contributed by atoms with Gasteiger partial charge in [-0.15, -0.1) is 0 Å². The van der Waals surface area contributed by atoms with Crippen LogP contribution in [0.4, 0.5) is 0 Å². The molecule has 0 aliphatic rings. The summed E-state index contributed by atoms with van der Waals surface area (Å²) in [5.74, 6) is -0.812. The molecule has 7 heteroatoms. The van der Waals surface area contributed by atoms with Crippen molar-refractivity contribution in [3.05, 3.63) is 62.9 Å². The number of nitrogens with zero attached hydrogens (tertiary/aromatic N) is 2. The Morgan fingerprint density at radius 3 is 2.69 bits per heavy atom. The molecule has 0 saturated heterocycles. The van der Waals surface area contributed by atoms with Gasteiger partial charge >= 0.3 is 5.97 Å².